The fraction of sp³-hybridized carbons (Fsp3) is 0.737. The van der Waals surface area contributed by atoms with E-state index in [1.807, 2.05) is 39.0 Å². The second kappa shape index (κ2) is 18.9. The highest BCUT2D eigenvalue weighted by Crippen LogP contribution is 2.28. The Bertz CT molecular complexity index is 1250. The first-order valence-corrected chi connectivity index (χ1v) is 18.6. The molecule has 0 radical (unpaired) electrons. The SMILES string of the molecule is C/C(=C\C=C\[C@@H](C)COC(=O)N1CCC(=O)C1)[C@H]1OC(=O)C[C@H](O)CC[C@@](C)(O)[C@@H](OC(=O)N2CCN(C3CCCCCC3)CC2)/C=C\[C@@H]1C. The van der Waals surface area contributed by atoms with Gasteiger partial charge in [-0.2, -0.15) is 0 Å². The molecule has 12 heteroatoms. The zero-order chi connectivity index (χ0) is 36.3. The molecule has 0 unspecified atom stereocenters. The summed E-state index contributed by atoms with van der Waals surface area (Å²) in [5.41, 5.74) is -0.740. The van der Waals surface area contributed by atoms with Gasteiger partial charge in [-0.05, 0) is 51.2 Å². The summed E-state index contributed by atoms with van der Waals surface area (Å²) in [7, 11) is 0. The van der Waals surface area contributed by atoms with Crippen LogP contribution >= 0.6 is 0 Å². The summed E-state index contributed by atoms with van der Waals surface area (Å²) in [6.45, 7) is 10.6. The van der Waals surface area contributed by atoms with Crippen molar-refractivity contribution in [1.82, 2.24) is 14.7 Å². The number of hydrogen-bond acceptors (Lipinski definition) is 10. The Labute approximate surface area is 297 Å². The molecule has 6 atom stereocenters. The van der Waals surface area contributed by atoms with E-state index in [4.69, 9.17) is 14.2 Å². The van der Waals surface area contributed by atoms with Gasteiger partial charge in [0, 0.05) is 57.0 Å². The Morgan fingerprint density at radius 3 is 2.38 bits per heavy atom. The predicted molar refractivity (Wildman–Crippen MR) is 188 cm³/mol. The van der Waals surface area contributed by atoms with Crippen LogP contribution in [0.1, 0.15) is 91.9 Å². The Hall–Kier alpha value is -3.22. The average molecular weight is 702 g/mol. The number of carbonyl (C=O) groups excluding carboxylic acids is 4. The van der Waals surface area contributed by atoms with Gasteiger partial charge in [-0.1, -0.05) is 63.8 Å². The Balaban J connectivity index is 1.39. The van der Waals surface area contributed by atoms with Gasteiger partial charge >= 0.3 is 18.2 Å². The maximum Gasteiger partial charge on any atom is 0.410 e. The highest BCUT2D eigenvalue weighted by atomic mass is 16.6. The van der Waals surface area contributed by atoms with Crippen molar-refractivity contribution in [2.45, 2.75) is 122 Å². The number of aliphatic hydroxyl groups excluding tert-OH is 1. The molecule has 12 nitrogen and oxygen atoms in total. The van der Waals surface area contributed by atoms with Gasteiger partial charge in [-0.25, -0.2) is 9.59 Å². The third-order valence-electron chi connectivity index (χ3n) is 10.5. The monoisotopic (exact) mass is 701 g/mol. The Morgan fingerprint density at radius 1 is 1.02 bits per heavy atom. The van der Waals surface area contributed by atoms with E-state index < -0.39 is 42.1 Å². The van der Waals surface area contributed by atoms with Gasteiger partial charge in [0.2, 0.25) is 0 Å². The number of aliphatic hydroxyl groups is 2. The topological polar surface area (TPSA) is 146 Å². The highest BCUT2D eigenvalue weighted by Gasteiger charge is 2.37. The number of cyclic esters (lactones) is 1. The van der Waals surface area contributed by atoms with Crippen LogP contribution in [0.4, 0.5) is 9.59 Å². The third-order valence-corrected chi connectivity index (χ3v) is 10.5. The van der Waals surface area contributed by atoms with Crippen LogP contribution in [0.2, 0.25) is 0 Å². The highest BCUT2D eigenvalue weighted by molar-refractivity contribution is 5.87. The van der Waals surface area contributed by atoms with E-state index in [2.05, 4.69) is 4.90 Å². The standard InChI is InChI=1S/C38H59N3O9/c1-27(26-48-36(45)41-19-17-32(43)25-41)10-9-11-28(2)35-29(3)14-15-33(38(4,47)18-16-31(42)24-34(44)50-35)49-37(46)40-22-20-39(21-23-40)30-12-7-5-6-8-13-30/h9-11,14-15,27,29-31,33,35,42,47H,5-8,12-13,16-26H2,1-4H3/b10-9+,15-14-,28-11+/t27-,29+,31-,33+,35-,38-/m1/s1. The van der Waals surface area contributed by atoms with Gasteiger partial charge in [0.15, 0.2) is 11.9 Å². The number of amides is 2. The summed E-state index contributed by atoms with van der Waals surface area (Å²) in [4.78, 5) is 55.6. The number of hydrogen-bond donors (Lipinski definition) is 2. The molecule has 3 fully saturated rings. The smallest absolute Gasteiger partial charge is 0.410 e. The van der Waals surface area contributed by atoms with Crippen LogP contribution in [-0.2, 0) is 23.8 Å². The molecule has 2 amide bonds. The molecule has 4 aliphatic rings. The minimum absolute atomic E-state index is 0.0252. The lowest BCUT2D eigenvalue weighted by molar-refractivity contribution is -0.151. The number of piperazine rings is 1. The lowest BCUT2D eigenvalue weighted by Crippen LogP contribution is -2.53. The Kier molecular flexibility index (Phi) is 14.9. The number of esters is 1. The van der Waals surface area contributed by atoms with E-state index in [0.29, 0.717) is 32.1 Å². The molecule has 0 aromatic heterocycles. The minimum Gasteiger partial charge on any atom is -0.457 e. The molecule has 50 heavy (non-hydrogen) atoms. The Morgan fingerprint density at radius 2 is 1.72 bits per heavy atom. The van der Waals surface area contributed by atoms with E-state index in [1.165, 1.54) is 43.4 Å². The molecule has 4 rings (SSSR count). The van der Waals surface area contributed by atoms with E-state index in [1.54, 1.807) is 24.0 Å². The fourth-order valence-corrected chi connectivity index (χ4v) is 7.15. The molecular formula is C38H59N3O9. The molecule has 2 saturated heterocycles. The molecular weight excluding hydrogens is 642 g/mol. The normalized spacial score (nSPS) is 31.4. The molecule has 0 spiro atoms. The molecule has 1 aliphatic carbocycles. The number of rotatable bonds is 7. The molecule has 0 aromatic rings. The first-order valence-electron chi connectivity index (χ1n) is 18.6. The van der Waals surface area contributed by atoms with Crippen molar-refractivity contribution in [3.05, 3.63) is 36.0 Å². The van der Waals surface area contributed by atoms with Crippen molar-refractivity contribution in [3.63, 3.8) is 0 Å². The van der Waals surface area contributed by atoms with Crippen LogP contribution < -0.4 is 0 Å². The second-order valence-corrected chi connectivity index (χ2v) is 14.9. The summed E-state index contributed by atoms with van der Waals surface area (Å²) in [6, 6.07) is 0.579. The third kappa shape index (κ3) is 11.9. The van der Waals surface area contributed by atoms with E-state index in [0.717, 1.165) is 18.7 Å². The largest absolute Gasteiger partial charge is 0.457 e. The zero-order valence-electron chi connectivity index (χ0n) is 30.5. The quantitative estimate of drug-likeness (QED) is 0.125. The average Bonchev–Trinajstić information content (AvgIpc) is 3.34. The number of ketones is 1. The molecule has 3 heterocycles. The molecule has 0 bridgehead atoms. The van der Waals surface area contributed by atoms with Crippen LogP contribution in [-0.4, -0.2) is 125 Å². The maximum atomic E-state index is 13.4. The number of likely N-dealkylation sites (tertiary alicyclic amines) is 1. The first kappa shape index (κ1) is 39.6. The molecule has 0 aromatic carbocycles. The zero-order valence-corrected chi connectivity index (χ0v) is 30.5. The van der Waals surface area contributed by atoms with Crippen LogP contribution in [0.15, 0.2) is 36.0 Å². The van der Waals surface area contributed by atoms with Crippen LogP contribution in [0, 0.1) is 11.8 Å². The summed E-state index contributed by atoms with van der Waals surface area (Å²) >= 11 is 0. The van der Waals surface area contributed by atoms with Crippen molar-refractivity contribution in [3.8, 4) is 0 Å². The van der Waals surface area contributed by atoms with Gasteiger partial charge in [-0.15, -0.1) is 0 Å². The fourth-order valence-electron chi connectivity index (χ4n) is 7.15. The van der Waals surface area contributed by atoms with Gasteiger partial charge in [0.1, 0.15) is 11.7 Å². The number of ether oxygens (including phenoxy) is 3. The summed E-state index contributed by atoms with van der Waals surface area (Å²) < 4.78 is 17.2. The first-order chi connectivity index (χ1) is 23.8. The van der Waals surface area contributed by atoms with Crippen molar-refractivity contribution >= 4 is 23.9 Å². The minimum atomic E-state index is -1.48. The maximum absolute atomic E-state index is 13.4. The van der Waals surface area contributed by atoms with Gasteiger partial charge in [-0.3, -0.25) is 14.5 Å². The van der Waals surface area contributed by atoms with Crippen molar-refractivity contribution < 1.29 is 43.6 Å². The van der Waals surface area contributed by atoms with Crippen LogP contribution in [0.3, 0.4) is 0 Å². The number of allylic oxidation sites excluding steroid dienone is 2. The summed E-state index contributed by atoms with van der Waals surface area (Å²) in [5.74, 6) is -0.990. The van der Waals surface area contributed by atoms with Crippen molar-refractivity contribution in [2.75, 3.05) is 45.9 Å². The van der Waals surface area contributed by atoms with Crippen LogP contribution in [0.5, 0.6) is 0 Å². The predicted octanol–water partition coefficient (Wildman–Crippen LogP) is 4.78. The molecule has 2 N–H and O–H groups in total. The number of nitrogens with zero attached hydrogens (tertiary/aromatic N) is 3. The van der Waals surface area contributed by atoms with Gasteiger partial charge < -0.3 is 34.2 Å². The van der Waals surface area contributed by atoms with Crippen molar-refractivity contribution in [2.24, 2.45) is 11.8 Å². The number of carbonyl (C=O) groups is 4. The molecule has 1 saturated carbocycles. The summed E-state index contributed by atoms with van der Waals surface area (Å²) in [5, 5.41) is 22.2. The van der Waals surface area contributed by atoms with E-state index in [-0.39, 0.29) is 50.0 Å². The molecule has 3 aliphatic heterocycles. The van der Waals surface area contributed by atoms with Crippen LogP contribution in [0.25, 0.3) is 0 Å². The van der Waals surface area contributed by atoms with E-state index >= 15 is 0 Å². The lowest BCUT2D eigenvalue weighted by atomic mass is 9.89. The lowest BCUT2D eigenvalue weighted by Gasteiger charge is -2.40. The van der Waals surface area contributed by atoms with Gasteiger partial charge in [0.05, 0.1) is 25.7 Å². The second-order valence-electron chi connectivity index (χ2n) is 14.9. The number of Topliss-reactive ketones (excluding diaryl/α,β-unsaturated/α-hetero) is 1. The van der Waals surface area contributed by atoms with Gasteiger partial charge in [0.25, 0.3) is 0 Å². The molecule has 280 valence electrons. The van der Waals surface area contributed by atoms with Crippen molar-refractivity contribution in [1.29, 1.82) is 0 Å². The van der Waals surface area contributed by atoms with E-state index in [9.17, 15) is 29.4 Å². The summed E-state index contributed by atoms with van der Waals surface area (Å²) in [6.07, 6.45) is 13.2.